The summed E-state index contributed by atoms with van der Waals surface area (Å²) in [4.78, 5) is 17.0. The fourth-order valence-electron chi connectivity index (χ4n) is 4.06. The van der Waals surface area contributed by atoms with Crippen LogP contribution in [-0.4, -0.2) is 48.5 Å². The maximum absolute atomic E-state index is 12.7. The molecule has 0 saturated carbocycles. The molecule has 0 atom stereocenters. The molecular formula is C26H27ClN2O2. The molecule has 1 fully saturated rings. The van der Waals surface area contributed by atoms with E-state index in [9.17, 15) is 4.79 Å². The average molecular weight is 435 g/mol. The molecule has 0 aliphatic carbocycles. The molecule has 0 aromatic heterocycles. The molecule has 1 heterocycles. The Morgan fingerprint density at radius 3 is 2.03 bits per heavy atom. The monoisotopic (exact) mass is 434 g/mol. The summed E-state index contributed by atoms with van der Waals surface area (Å²) in [6, 6.07) is 26.8. The van der Waals surface area contributed by atoms with Crippen molar-refractivity contribution in [1.29, 1.82) is 0 Å². The van der Waals surface area contributed by atoms with Crippen LogP contribution in [-0.2, 0) is 4.79 Å². The normalized spacial score (nSPS) is 14.6. The third kappa shape index (κ3) is 5.27. The number of ether oxygens (including phenoxy) is 1. The van der Waals surface area contributed by atoms with Gasteiger partial charge in [-0.25, -0.2) is 0 Å². The smallest absolute Gasteiger partial charge is 0.260 e. The zero-order valence-electron chi connectivity index (χ0n) is 17.7. The number of carbonyl (C=O) groups excluding carboxylic acids is 1. The van der Waals surface area contributed by atoms with Crippen molar-refractivity contribution in [3.05, 3.63) is 101 Å². The van der Waals surface area contributed by atoms with E-state index in [0.717, 1.165) is 18.7 Å². The van der Waals surface area contributed by atoms with Crippen LogP contribution in [0.3, 0.4) is 0 Å². The quantitative estimate of drug-likeness (QED) is 0.549. The summed E-state index contributed by atoms with van der Waals surface area (Å²) in [5.41, 5.74) is 3.48. The lowest BCUT2D eigenvalue weighted by Crippen LogP contribution is -2.51. The number of rotatable bonds is 6. The molecule has 0 unspecified atom stereocenters. The molecule has 1 aliphatic heterocycles. The Hall–Kier alpha value is -2.82. The van der Waals surface area contributed by atoms with Gasteiger partial charge in [0.2, 0.25) is 0 Å². The first kappa shape index (κ1) is 21.4. The molecule has 5 heteroatoms. The van der Waals surface area contributed by atoms with Crippen LogP contribution in [0.15, 0.2) is 78.9 Å². The number of benzene rings is 3. The number of amides is 1. The van der Waals surface area contributed by atoms with Crippen molar-refractivity contribution in [2.24, 2.45) is 0 Å². The lowest BCUT2D eigenvalue weighted by Gasteiger charge is -2.39. The van der Waals surface area contributed by atoms with E-state index in [2.05, 4.69) is 53.4 Å². The van der Waals surface area contributed by atoms with E-state index in [-0.39, 0.29) is 18.6 Å². The van der Waals surface area contributed by atoms with Gasteiger partial charge in [0.05, 0.1) is 6.04 Å². The Morgan fingerprint density at radius 2 is 1.48 bits per heavy atom. The molecule has 1 amide bonds. The van der Waals surface area contributed by atoms with Gasteiger partial charge in [-0.1, -0.05) is 72.3 Å². The summed E-state index contributed by atoms with van der Waals surface area (Å²) in [6.45, 7) is 4.99. The Balaban J connectivity index is 1.38. The minimum absolute atomic E-state index is 0.0169. The first-order chi connectivity index (χ1) is 15.1. The fraction of sp³-hybridized carbons (Fsp3) is 0.269. The van der Waals surface area contributed by atoms with Crippen LogP contribution in [0.4, 0.5) is 0 Å². The van der Waals surface area contributed by atoms with Crippen molar-refractivity contribution < 1.29 is 9.53 Å². The molecule has 31 heavy (non-hydrogen) atoms. The SMILES string of the molecule is Cc1cc(OCC(=O)N2CCN(C(c3ccccc3)c3ccccc3)CC2)ccc1Cl. The topological polar surface area (TPSA) is 32.8 Å². The summed E-state index contributed by atoms with van der Waals surface area (Å²) >= 11 is 6.06. The van der Waals surface area contributed by atoms with E-state index < -0.39 is 0 Å². The lowest BCUT2D eigenvalue weighted by atomic mass is 9.96. The number of halogens is 1. The van der Waals surface area contributed by atoms with Crippen LogP contribution in [0.1, 0.15) is 22.7 Å². The fourth-order valence-corrected chi connectivity index (χ4v) is 4.18. The van der Waals surface area contributed by atoms with Crippen molar-refractivity contribution in [2.45, 2.75) is 13.0 Å². The van der Waals surface area contributed by atoms with Gasteiger partial charge in [-0.2, -0.15) is 0 Å². The van der Waals surface area contributed by atoms with Crippen LogP contribution < -0.4 is 4.74 Å². The highest BCUT2D eigenvalue weighted by molar-refractivity contribution is 6.31. The summed E-state index contributed by atoms with van der Waals surface area (Å²) in [7, 11) is 0. The van der Waals surface area contributed by atoms with Gasteiger partial charge >= 0.3 is 0 Å². The van der Waals surface area contributed by atoms with Crippen molar-refractivity contribution >= 4 is 17.5 Å². The third-order valence-electron chi connectivity index (χ3n) is 5.75. The van der Waals surface area contributed by atoms with E-state index in [1.807, 2.05) is 30.0 Å². The van der Waals surface area contributed by atoms with Gasteiger partial charge in [0, 0.05) is 31.2 Å². The third-order valence-corrected chi connectivity index (χ3v) is 6.18. The second-order valence-electron chi connectivity index (χ2n) is 7.84. The Kier molecular flexibility index (Phi) is 6.90. The first-order valence-corrected chi connectivity index (χ1v) is 11.0. The van der Waals surface area contributed by atoms with Crippen molar-refractivity contribution in [2.75, 3.05) is 32.8 Å². The minimum atomic E-state index is 0.0169. The van der Waals surface area contributed by atoms with E-state index >= 15 is 0 Å². The first-order valence-electron chi connectivity index (χ1n) is 10.6. The zero-order valence-corrected chi connectivity index (χ0v) is 18.5. The zero-order chi connectivity index (χ0) is 21.6. The predicted octanol–water partition coefficient (Wildman–Crippen LogP) is 4.96. The second-order valence-corrected chi connectivity index (χ2v) is 8.25. The van der Waals surface area contributed by atoms with Crippen LogP contribution in [0.2, 0.25) is 5.02 Å². The number of nitrogens with zero attached hydrogens (tertiary/aromatic N) is 2. The van der Waals surface area contributed by atoms with Crippen LogP contribution in [0.25, 0.3) is 0 Å². The Bertz CT molecular complexity index is 963. The number of hydrogen-bond acceptors (Lipinski definition) is 3. The van der Waals surface area contributed by atoms with Crippen LogP contribution >= 0.6 is 11.6 Å². The minimum Gasteiger partial charge on any atom is -0.484 e. The average Bonchev–Trinajstić information content (AvgIpc) is 2.82. The highest BCUT2D eigenvalue weighted by Crippen LogP contribution is 2.29. The number of piperazine rings is 1. The maximum Gasteiger partial charge on any atom is 0.260 e. The second kappa shape index (κ2) is 9.99. The van der Waals surface area contributed by atoms with Gasteiger partial charge in [-0.05, 0) is 41.8 Å². The molecule has 3 aromatic rings. The lowest BCUT2D eigenvalue weighted by molar-refractivity contribution is -0.135. The van der Waals surface area contributed by atoms with Gasteiger partial charge in [0.25, 0.3) is 5.91 Å². The summed E-state index contributed by atoms with van der Waals surface area (Å²) < 4.78 is 5.71. The molecule has 160 valence electrons. The van der Waals surface area contributed by atoms with Crippen LogP contribution in [0, 0.1) is 6.92 Å². The van der Waals surface area contributed by atoms with Gasteiger partial charge in [-0.3, -0.25) is 9.69 Å². The molecule has 3 aromatic carbocycles. The summed E-state index contributed by atoms with van der Waals surface area (Å²) in [6.07, 6.45) is 0. The predicted molar refractivity (Wildman–Crippen MR) is 125 cm³/mol. The number of hydrogen-bond donors (Lipinski definition) is 0. The molecule has 0 bridgehead atoms. The van der Waals surface area contributed by atoms with Crippen molar-refractivity contribution in [3.63, 3.8) is 0 Å². The largest absolute Gasteiger partial charge is 0.484 e. The summed E-state index contributed by atoms with van der Waals surface area (Å²) in [5.74, 6) is 0.685. The number of carbonyl (C=O) groups is 1. The molecular weight excluding hydrogens is 408 g/mol. The van der Waals surface area contributed by atoms with Crippen molar-refractivity contribution in [1.82, 2.24) is 9.80 Å². The molecule has 0 spiro atoms. The molecule has 4 rings (SSSR count). The number of aryl methyl sites for hydroxylation is 1. The van der Waals surface area contributed by atoms with Gasteiger partial charge in [-0.15, -0.1) is 0 Å². The van der Waals surface area contributed by atoms with Gasteiger partial charge < -0.3 is 9.64 Å². The Morgan fingerprint density at radius 1 is 0.903 bits per heavy atom. The Labute approximate surface area is 189 Å². The van der Waals surface area contributed by atoms with Gasteiger partial charge in [0.15, 0.2) is 6.61 Å². The highest BCUT2D eigenvalue weighted by atomic mass is 35.5. The van der Waals surface area contributed by atoms with E-state index in [1.165, 1.54) is 11.1 Å². The van der Waals surface area contributed by atoms with Crippen LogP contribution in [0.5, 0.6) is 5.75 Å². The van der Waals surface area contributed by atoms with E-state index in [0.29, 0.717) is 23.9 Å². The van der Waals surface area contributed by atoms with Gasteiger partial charge in [0.1, 0.15) is 5.75 Å². The molecule has 1 aliphatic rings. The van der Waals surface area contributed by atoms with E-state index in [1.54, 1.807) is 12.1 Å². The molecule has 4 nitrogen and oxygen atoms in total. The maximum atomic E-state index is 12.7. The molecule has 1 saturated heterocycles. The molecule has 0 radical (unpaired) electrons. The standard InChI is InChI=1S/C26H27ClN2O2/c1-20-18-23(12-13-24(20)27)31-19-25(30)28-14-16-29(17-15-28)26(21-8-4-2-5-9-21)22-10-6-3-7-11-22/h2-13,18,26H,14-17,19H2,1H3. The molecule has 0 N–H and O–H groups in total. The highest BCUT2D eigenvalue weighted by Gasteiger charge is 2.28. The van der Waals surface area contributed by atoms with E-state index in [4.69, 9.17) is 16.3 Å². The van der Waals surface area contributed by atoms with Crippen molar-refractivity contribution in [3.8, 4) is 5.75 Å². The summed E-state index contributed by atoms with van der Waals surface area (Å²) in [5, 5.41) is 0.696.